The minimum absolute atomic E-state index is 0.0197. The van der Waals surface area contributed by atoms with Gasteiger partial charge in [0.1, 0.15) is 6.61 Å². The Morgan fingerprint density at radius 2 is 1.87 bits per heavy atom. The van der Waals surface area contributed by atoms with Gasteiger partial charge in [-0.15, -0.1) is 0 Å². The van der Waals surface area contributed by atoms with Gasteiger partial charge in [-0.3, -0.25) is 9.42 Å². The number of hydrogen-bond donors (Lipinski definition) is 1. The van der Waals surface area contributed by atoms with Gasteiger partial charge in [-0.1, -0.05) is 53.5 Å². The summed E-state index contributed by atoms with van der Waals surface area (Å²) in [6, 6.07) is 17.4. The Balaban J connectivity index is 1.45. The van der Waals surface area contributed by atoms with Crippen molar-refractivity contribution in [3.8, 4) is 0 Å². The Bertz CT molecular complexity index is 1210. The zero-order valence-electron chi connectivity index (χ0n) is 15.5. The summed E-state index contributed by atoms with van der Waals surface area (Å²) in [5.41, 5.74) is 3.34. The van der Waals surface area contributed by atoms with E-state index in [-0.39, 0.29) is 18.5 Å². The normalized spacial score (nSPS) is 10.9. The number of anilines is 2. The highest BCUT2D eigenvalue weighted by Gasteiger charge is 2.14. The summed E-state index contributed by atoms with van der Waals surface area (Å²) in [6.45, 7) is 0.0197. The van der Waals surface area contributed by atoms with Gasteiger partial charge in [0.15, 0.2) is 0 Å². The molecule has 9 heteroatoms. The van der Waals surface area contributed by atoms with Gasteiger partial charge in [-0.25, -0.2) is 0 Å². The Hall–Kier alpha value is -3.29. The highest BCUT2D eigenvalue weighted by atomic mass is 35.5. The summed E-state index contributed by atoms with van der Waals surface area (Å²) >= 11 is 12.5. The van der Waals surface area contributed by atoms with Crippen LogP contribution in [-0.4, -0.2) is 11.1 Å². The number of carbonyl (C=O) groups excluding carboxylic acids is 1. The van der Waals surface area contributed by atoms with E-state index in [1.807, 2.05) is 24.3 Å². The quantitative estimate of drug-likeness (QED) is 0.340. The van der Waals surface area contributed by atoms with E-state index in [2.05, 4.69) is 15.1 Å². The van der Waals surface area contributed by atoms with E-state index < -0.39 is 5.97 Å². The summed E-state index contributed by atoms with van der Waals surface area (Å²) in [4.78, 5) is 12.7. The van der Waals surface area contributed by atoms with Gasteiger partial charge >= 0.3 is 5.97 Å². The molecule has 0 amide bonds. The minimum Gasteiger partial charge on any atom is -0.461 e. The first kappa shape index (κ1) is 20.0. The first-order chi connectivity index (χ1) is 14.5. The Kier molecular flexibility index (Phi) is 5.74. The lowest BCUT2D eigenvalue weighted by Gasteiger charge is -2.14. The zero-order valence-corrected chi connectivity index (χ0v) is 17.0. The van der Waals surface area contributed by atoms with Gasteiger partial charge in [0.25, 0.3) is 0 Å². The molecule has 3 aromatic carbocycles. The second-order valence-electron chi connectivity index (χ2n) is 6.47. The van der Waals surface area contributed by atoms with Crippen molar-refractivity contribution in [1.82, 2.24) is 5.16 Å². The molecule has 1 heterocycles. The molecule has 0 atom stereocenters. The van der Waals surface area contributed by atoms with Crippen molar-refractivity contribution in [3.05, 3.63) is 87.0 Å². The van der Waals surface area contributed by atoms with Crippen LogP contribution >= 0.6 is 23.2 Å². The number of fused-ring (bicyclic) bond motifs is 1. The van der Waals surface area contributed by atoms with Crippen molar-refractivity contribution in [2.24, 2.45) is 0 Å². The lowest BCUT2D eigenvalue weighted by Crippen LogP contribution is -2.22. The molecule has 0 unspecified atom stereocenters. The number of nitrogens with zero attached hydrogens (tertiary/aromatic N) is 2. The topological polar surface area (TPSA) is 91.3 Å². The number of rotatable bonds is 6. The predicted molar refractivity (Wildman–Crippen MR) is 113 cm³/mol. The van der Waals surface area contributed by atoms with E-state index in [9.17, 15) is 10.0 Å². The van der Waals surface area contributed by atoms with Crippen LogP contribution in [0.3, 0.4) is 0 Å². The second kappa shape index (κ2) is 8.61. The first-order valence-corrected chi connectivity index (χ1v) is 9.70. The van der Waals surface area contributed by atoms with Crippen LogP contribution in [-0.2, 0) is 22.6 Å². The highest BCUT2D eigenvalue weighted by Crippen LogP contribution is 2.33. The molecule has 0 fully saturated rings. The molecular weight excluding hydrogens is 429 g/mol. The Labute approximate surface area is 181 Å². The summed E-state index contributed by atoms with van der Waals surface area (Å²) in [5, 5.41) is 19.2. The van der Waals surface area contributed by atoms with E-state index in [1.165, 1.54) is 0 Å². The number of hydrogen-bond acceptors (Lipinski definition) is 6. The monoisotopic (exact) mass is 443 g/mol. The van der Waals surface area contributed by atoms with E-state index in [0.717, 1.165) is 5.56 Å². The number of ether oxygens (including phenoxy) is 1. The molecule has 0 spiro atoms. The summed E-state index contributed by atoms with van der Waals surface area (Å²) < 4.78 is 9.90. The zero-order chi connectivity index (χ0) is 21.1. The van der Waals surface area contributed by atoms with E-state index >= 15 is 0 Å². The van der Waals surface area contributed by atoms with Crippen molar-refractivity contribution in [2.75, 3.05) is 5.32 Å². The maximum atomic E-state index is 12.4. The van der Waals surface area contributed by atoms with Crippen molar-refractivity contribution in [3.63, 3.8) is 0 Å². The van der Waals surface area contributed by atoms with Gasteiger partial charge in [0.05, 0.1) is 22.2 Å². The van der Waals surface area contributed by atoms with Crippen LogP contribution < -0.4 is 10.2 Å². The fraction of sp³-hybridized carbons (Fsp3) is 0.0952. The molecular formula is C21H15Cl2N3O4. The molecule has 1 aromatic heterocycles. The van der Waals surface area contributed by atoms with Gasteiger partial charge in [-0.05, 0) is 40.3 Å². The molecule has 0 aliphatic rings. The molecule has 0 aliphatic carbocycles. The van der Waals surface area contributed by atoms with E-state index in [0.29, 0.717) is 37.4 Å². The van der Waals surface area contributed by atoms with Gasteiger partial charge < -0.3 is 15.3 Å². The van der Waals surface area contributed by atoms with Crippen molar-refractivity contribution in [1.29, 1.82) is 0 Å². The number of para-hydroxylation sites is 2. The summed E-state index contributed by atoms with van der Waals surface area (Å²) in [6.07, 6.45) is 0.0440. The fourth-order valence-electron chi connectivity index (χ4n) is 2.93. The lowest BCUT2D eigenvalue weighted by atomic mass is 10.1. The van der Waals surface area contributed by atoms with Gasteiger partial charge in [-0.2, -0.15) is 0 Å². The highest BCUT2D eigenvalue weighted by molar-refractivity contribution is 6.39. The number of aromatic nitrogens is 2. The lowest BCUT2D eigenvalue weighted by molar-refractivity contribution is -0.782. The third-order valence-electron chi connectivity index (χ3n) is 4.42. The molecule has 0 radical (unpaired) electrons. The number of carbonyl (C=O) groups is 1. The SMILES string of the molecule is O=C(Cc1ccccc1Nc1c(Cl)cccc1Cl)OCc1ccc2no[n+]([O-])c2c1. The number of esters is 1. The van der Waals surface area contributed by atoms with E-state index in [1.54, 1.807) is 36.4 Å². The molecule has 0 aliphatic heterocycles. The number of halogens is 2. The molecule has 152 valence electrons. The Morgan fingerprint density at radius 3 is 2.67 bits per heavy atom. The summed E-state index contributed by atoms with van der Waals surface area (Å²) in [5.74, 6) is -0.421. The minimum atomic E-state index is -0.421. The number of nitrogens with one attached hydrogen (secondary N) is 1. The van der Waals surface area contributed by atoms with E-state index in [4.69, 9.17) is 27.9 Å². The molecule has 7 nitrogen and oxygen atoms in total. The van der Waals surface area contributed by atoms with Crippen molar-refractivity contribution in [2.45, 2.75) is 13.0 Å². The van der Waals surface area contributed by atoms with Gasteiger partial charge in [0, 0.05) is 16.9 Å². The van der Waals surface area contributed by atoms with Crippen LogP contribution in [0.1, 0.15) is 11.1 Å². The first-order valence-electron chi connectivity index (χ1n) is 8.94. The maximum Gasteiger partial charge on any atom is 0.310 e. The molecule has 0 bridgehead atoms. The average molecular weight is 444 g/mol. The predicted octanol–water partition coefficient (Wildman–Crippen LogP) is 4.80. The van der Waals surface area contributed by atoms with Gasteiger partial charge in [0.2, 0.25) is 11.0 Å². The molecule has 4 rings (SSSR count). The molecule has 30 heavy (non-hydrogen) atoms. The average Bonchev–Trinajstić information content (AvgIpc) is 3.11. The third kappa shape index (κ3) is 4.32. The Morgan fingerprint density at radius 1 is 1.10 bits per heavy atom. The number of benzene rings is 3. The smallest absolute Gasteiger partial charge is 0.310 e. The van der Waals surface area contributed by atoms with Crippen LogP contribution in [0.4, 0.5) is 11.4 Å². The summed E-state index contributed by atoms with van der Waals surface area (Å²) in [7, 11) is 0. The molecule has 1 N–H and O–H groups in total. The van der Waals surface area contributed by atoms with Crippen molar-refractivity contribution >= 4 is 51.6 Å². The van der Waals surface area contributed by atoms with Crippen LogP contribution in [0.5, 0.6) is 0 Å². The van der Waals surface area contributed by atoms with Crippen LogP contribution in [0.2, 0.25) is 10.0 Å². The second-order valence-corrected chi connectivity index (χ2v) is 7.28. The largest absolute Gasteiger partial charge is 0.461 e. The fourth-order valence-corrected chi connectivity index (χ4v) is 3.42. The molecule has 0 saturated carbocycles. The van der Waals surface area contributed by atoms with Crippen LogP contribution in [0.25, 0.3) is 11.0 Å². The van der Waals surface area contributed by atoms with Crippen LogP contribution in [0.15, 0.2) is 65.3 Å². The third-order valence-corrected chi connectivity index (χ3v) is 5.05. The standard InChI is InChI=1S/C21H15Cl2N3O4/c22-15-5-3-6-16(23)21(15)24-17-7-2-1-4-14(17)11-20(27)29-12-13-8-9-18-19(10-13)26(28)30-25-18/h1-10,24H,11-12H2. The van der Waals surface area contributed by atoms with Crippen molar-refractivity contribution < 1.29 is 19.1 Å². The molecule has 4 aromatic rings. The molecule has 0 saturated heterocycles. The van der Waals surface area contributed by atoms with Crippen LogP contribution in [0, 0.1) is 5.21 Å². The maximum absolute atomic E-state index is 12.4.